The molecular weight excluding hydrogens is 494 g/mol. The summed E-state index contributed by atoms with van der Waals surface area (Å²) in [5.41, 5.74) is 3.99. The van der Waals surface area contributed by atoms with Crippen LogP contribution in [0.3, 0.4) is 0 Å². The number of hydrogen-bond acceptors (Lipinski definition) is 4. The number of nitrogens with zero attached hydrogens (tertiary/aromatic N) is 2. The molecule has 2 aromatic carbocycles. The van der Waals surface area contributed by atoms with Crippen LogP contribution in [0.15, 0.2) is 53.9 Å². The highest BCUT2D eigenvalue weighted by atomic mass is 35.5. The lowest BCUT2D eigenvalue weighted by Gasteiger charge is -2.37. The molecule has 0 spiro atoms. The van der Waals surface area contributed by atoms with Gasteiger partial charge in [-0.15, -0.1) is 11.3 Å². The predicted molar refractivity (Wildman–Crippen MR) is 146 cm³/mol. The quantitative estimate of drug-likeness (QED) is 0.367. The Hall–Kier alpha value is -3.03. The second-order valence-corrected chi connectivity index (χ2v) is 10.5. The third-order valence-electron chi connectivity index (χ3n) is 6.33. The first-order valence-corrected chi connectivity index (χ1v) is 13.5. The van der Waals surface area contributed by atoms with Crippen LogP contribution in [0.5, 0.6) is 5.75 Å². The zero-order chi connectivity index (χ0) is 25.7. The monoisotopic (exact) mass is 525 g/mol. The van der Waals surface area contributed by atoms with Crippen LogP contribution in [0.4, 0.5) is 10.5 Å². The van der Waals surface area contributed by atoms with Gasteiger partial charge in [0, 0.05) is 28.7 Å². The largest absolute Gasteiger partial charge is 0.491 e. The standard InChI is InChI=1S/C28H32ClN3O3S/c1-4-12-31(28(34)30-22-7-5-6-21(29)16-22)17-27(33)32-13-10-26-23(11-14-36-26)24(32)18-35-25-9-8-19(2)15-20(25)3/h5-9,11,14-16,24H,4,10,12-13,17-18H2,1-3H3,(H,30,34)/t24-/m0/s1. The maximum atomic E-state index is 13.6. The van der Waals surface area contributed by atoms with Gasteiger partial charge in [0.25, 0.3) is 0 Å². The summed E-state index contributed by atoms with van der Waals surface area (Å²) in [5, 5.41) is 5.48. The number of urea groups is 1. The minimum atomic E-state index is -0.316. The number of hydrogen-bond donors (Lipinski definition) is 1. The van der Waals surface area contributed by atoms with E-state index in [0.717, 1.165) is 29.7 Å². The van der Waals surface area contributed by atoms with E-state index in [4.69, 9.17) is 16.3 Å². The molecule has 1 aromatic heterocycles. The van der Waals surface area contributed by atoms with Gasteiger partial charge in [0.1, 0.15) is 18.9 Å². The Morgan fingerprint density at radius 2 is 2.03 bits per heavy atom. The van der Waals surface area contributed by atoms with Gasteiger partial charge in [-0.25, -0.2) is 4.79 Å². The Balaban J connectivity index is 1.49. The highest BCUT2D eigenvalue weighted by molar-refractivity contribution is 7.10. The molecule has 1 aliphatic heterocycles. The summed E-state index contributed by atoms with van der Waals surface area (Å²) in [6.45, 7) is 7.51. The number of aryl methyl sites for hydroxylation is 2. The molecule has 0 fully saturated rings. The molecule has 0 saturated heterocycles. The fraction of sp³-hybridized carbons (Fsp3) is 0.357. The van der Waals surface area contributed by atoms with E-state index in [1.54, 1.807) is 40.5 Å². The second kappa shape index (κ2) is 11.8. The summed E-state index contributed by atoms with van der Waals surface area (Å²) in [6.07, 6.45) is 1.55. The third-order valence-corrected chi connectivity index (χ3v) is 7.56. The molecule has 6 nitrogen and oxygen atoms in total. The maximum Gasteiger partial charge on any atom is 0.322 e. The topological polar surface area (TPSA) is 61.9 Å². The minimum absolute atomic E-state index is 0.000229. The van der Waals surface area contributed by atoms with E-state index >= 15 is 0 Å². The van der Waals surface area contributed by atoms with Crippen molar-refractivity contribution in [1.82, 2.24) is 9.80 Å². The summed E-state index contributed by atoms with van der Waals surface area (Å²) in [7, 11) is 0. The van der Waals surface area contributed by atoms with Gasteiger partial charge < -0.3 is 19.9 Å². The molecule has 3 amide bonds. The van der Waals surface area contributed by atoms with E-state index in [2.05, 4.69) is 29.8 Å². The highest BCUT2D eigenvalue weighted by Gasteiger charge is 2.33. The maximum absolute atomic E-state index is 13.6. The van der Waals surface area contributed by atoms with Gasteiger partial charge in [0.05, 0.1) is 6.04 Å². The molecule has 0 aliphatic carbocycles. The number of anilines is 1. The van der Waals surface area contributed by atoms with Crippen LogP contribution in [0, 0.1) is 13.8 Å². The summed E-state index contributed by atoms with van der Waals surface area (Å²) >= 11 is 7.78. The van der Waals surface area contributed by atoms with Crippen molar-refractivity contribution in [3.63, 3.8) is 0 Å². The molecular formula is C28H32ClN3O3S. The van der Waals surface area contributed by atoms with Crippen molar-refractivity contribution in [3.8, 4) is 5.75 Å². The fourth-order valence-corrected chi connectivity index (χ4v) is 5.67. The first-order valence-electron chi connectivity index (χ1n) is 12.2. The van der Waals surface area contributed by atoms with E-state index in [1.165, 1.54) is 10.4 Å². The number of amides is 3. The lowest BCUT2D eigenvalue weighted by atomic mass is 10.00. The van der Waals surface area contributed by atoms with Crippen LogP contribution in [-0.2, 0) is 11.2 Å². The Labute approximate surface area is 221 Å². The van der Waals surface area contributed by atoms with Crippen LogP contribution in [0.1, 0.15) is 41.0 Å². The van der Waals surface area contributed by atoms with Crippen molar-refractivity contribution in [3.05, 3.63) is 80.5 Å². The van der Waals surface area contributed by atoms with Gasteiger partial charge in [-0.05, 0) is 73.5 Å². The molecule has 3 aromatic rings. The molecule has 190 valence electrons. The van der Waals surface area contributed by atoms with E-state index in [9.17, 15) is 9.59 Å². The SMILES string of the molecule is CCCN(CC(=O)N1CCc2sccc2[C@@H]1COc1ccc(C)cc1C)C(=O)Nc1cccc(Cl)c1. The third kappa shape index (κ3) is 6.20. The Bertz CT molecular complexity index is 1230. The normalized spacial score (nSPS) is 14.8. The number of fused-ring (bicyclic) bond motifs is 1. The van der Waals surface area contributed by atoms with Gasteiger partial charge in [-0.3, -0.25) is 4.79 Å². The molecule has 0 saturated carbocycles. The summed E-state index contributed by atoms with van der Waals surface area (Å²) in [5.74, 6) is 0.736. The molecule has 1 N–H and O–H groups in total. The number of carbonyl (C=O) groups is 2. The lowest BCUT2D eigenvalue weighted by molar-refractivity contribution is -0.135. The summed E-state index contributed by atoms with van der Waals surface area (Å²) < 4.78 is 6.23. The van der Waals surface area contributed by atoms with Crippen molar-refractivity contribution < 1.29 is 14.3 Å². The van der Waals surface area contributed by atoms with Gasteiger partial charge in [0.2, 0.25) is 5.91 Å². The highest BCUT2D eigenvalue weighted by Crippen LogP contribution is 2.34. The number of benzene rings is 2. The molecule has 0 unspecified atom stereocenters. The van der Waals surface area contributed by atoms with Crippen LogP contribution in [0.25, 0.3) is 0 Å². The predicted octanol–water partition coefficient (Wildman–Crippen LogP) is 6.47. The second-order valence-electron chi connectivity index (χ2n) is 9.09. The van der Waals surface area contributed by atoms with Crippen molar-refractivity contribution in [1.29, 1.82) is 0 Å². The average Bonchev–Trinajstić information content (AvgIpc) is 3.32. The molecule has 0 radical (unpaired) electrons. The van der Waals surface area contributed by atoms with Crippen LogP contribution in [0.2, 0.25) is 5.02 Å². The number of rotatable bonds is 8. The van der Waals surface area contributed by atoms with Crippen molar-refractivity contribution in [2.75, 3.05) is 31.6 Å². The molecule has 1 aliphatic rings. The van der Waals surface area contributed by atoms with E-state index in [1.807, 2.05) is 30.9 Å². The van der Waals surface area contributed by atoms with Gasteiger partial charge in [-0.2, -0.15) is 0 Å². The van der Waals surface area contributed by atoms with E-state index in [0.29, 0.717) is 30.4 Å². The zero-order valence-corrected chi connectivity index (χ0v) is 22.5. The molecule has 8 heteroatoms. The Morgan fingerprint density at radius 1 is 1.19 bits per heavy atom. The summed E-state index contributed by atoms with van der Waals surface area (Å²) in [4.78, 5) is 31.3. The van der Waals surface area contributed by atoms with Crippen LogP contribution in [-0.4, -0.2) is 48.0 Å². The smallest absolute Gasteiger partial charge is 0.322 e. The molecule has 1 atom stereocenters. The lowest BCUT2D eigenvalue weighted by Crippen LogP contribution is -2.48. The van der Waals surface area contributed by atoms with E-state index in [-0.39, 0.29) is 24.5 Å². The van der Waals surface area contributed by atoms with Crippen molar-refractivity contribution in [2.45, 2.75) is 39.7 Å². The number of nitrogens with one attached hydrogen (secondary N) is 1. The zero-order valence-electron chi connectivity index (χ0n) is 20.9. The van der Waals surface area contributed by atoms with Crippen molar-refractivity contribution in [2.24, 2.45) is 0 Å². The number of thiophene rings is 1. The Morgan fingerprint density at radius 3 is 2.78 bits per heavy atom. The number of carbonyl (C=O) groups excluding carboxylic acids is 2. The van der Waals surface area contributed by atoms with Crippen LogP contribution < -0.4 is 10.1 Å². The first-order chi connectivity index (χ1) is 17.4. The molecule has 2 heterocycles. The molecule has 0 bridgehead atoms. The van der Waals surface area contributed by atoms with Gasteiger partial charge in [-0.1, -0.05) is 42.3 Å². The first kappa shape index (κ1) is 26.0. The number of ether oxygens (including phenoxy) is 1. The van der Waals surface area contributed by atoms with Crippen LogP contribution >= 0.6 is 22.9 Å². The molecule has 4 rings (SSSR count). The fourth-order valence-electron chi connectivity index (χ4n) is 4.55. The van der Waals surface area contributed by atoms with Crippen molar-refractivity contribution >= 4 is 40.6 Å². The van der Waals surface area contributed by atoms with Gasteiger partial charge in [0.15, 0.2) is 0 Å². The molecule has 36 heavy (non-hydrogen) atoms. The summed E-state index contributed by atoms with van der Waals surface area (Å²) in [6, 6.07) is 14.7. The van der Waals surface area contributed by atoms with E-state index < -0.39 is 0 Å². The minimum Gasteiger partial charge on any atom is -0.491 e. The average molecular weight is 526 g/mol. The Kier molecular flexibility index (Phi) is 8.54. The number of halogens is 1. The van der Waals surface area contributed by atoms with Gasteiger partial charge >= 0.3 is 6.03 Å².